The van der Waals surface area contributed by atoms with Gasteiger partial charge in [-0.15, -0.1) is 0 Å². The second-order valence-electron chi connectivity index (χ2n) is 5.01. The van der Waals surface area contributed by atoms with Gasteiger partial charge in [0.05, 0.1) is 5.56 Å². The van der Waals surface area contributed by atoms with Crippen LogP contribution in [-0.2, 0) is 0 Å². The Morgan fingerprint density at radius 1 is 1.42 bits per heavy atom. The van der Waals surface area contributed by atoms with Gasteiger partial charge in [-0.1, -0.05) is 6.92 Å². The molecule has 0 saturated heterocycles. The highest BCUT2D eigenvalue weighted by molar-refractivity contribution is 7.99. The first kappa shape index (κ1) is 15.8. The van der Waals surface area contributed by atoms with Crippen molar-refractivity contribution in [2.24, 2.45) is 0 Å². The first-order valence-electron chi connectivity index (χ1n) is 6.52. The van der Waals surface area contributed by atoms with Gasteiger partial charge in [0.25, 0.3) is 5.91 Å². The summed E-state index contributed by atoms with van der Waals surface area (Å²) < 4.78 is 0.0473. The zero-order chi connectivity index (χ0) is 14.3. The molecule has 4 nitrogen and oxygen atoms in total. The smallest absolute Gasteiger partial charge is 0.252 e. The van der Waals surface area contributed by atoms with E-state index in [1.807, 2.05) is 12.3 Å². The second kappa shape index (κ2) is 7.38. The molecule has 0 aliphatic rings. The van der Waals surface area contributed by atoms with Crippen LogP contribution in [0.5, 0.6) is 0 Å². The van der Waals surface area contributed by atoms with Crippen molar-refractivity contribution < 1.29 is 4.79 Å². The van der Waals surface area contributed by atoms with Crippen LogP contribution in [0.15, 0.2) is 18.3 Å². The van der Waals surface area contributed by atoms with Gasteiger partial charge in [-0.05, 0) is 38.7 Å². The minimum absolute atomic E-state index is 0.0473. The molecule has 19 heavy (non-hydrogen) atoms. The molecule has 0 spiro atoms. The number of pyridine rings is 1. The van der Waals surface area contributed by atoms with Crippen molar-refractivity contribution >= 4 is 23.5 Å². The van der Waals surface area contributed by atoms with Crippen LogP contribution in [0, 0.1) is 0 Å². The lowest BCUT2D eigenvalue weighted by Gasteiger charge is -2.22. The zero-order valence-electron chi connectivity index (χ0n) is 12.1. The summed E-state index contributed by atoms with van der Waals surface area (Å²) >= 11 is 1.74. The van der Waals surface area contributed by atoms with E-state index in [0.717, 1.165) is 18.8 Å². The first-order chi connectivity index (χ1) is 8.98. The second-order valence-corrected chi connectivity index (χ2v) is 6.52. The van der Waals surface area contributed by atoms with Crippen molar-refractivity contribution in [3.05, 3.63) is 23.9 Å². The molecular weight excluding hydrogens is 258 g/mol. The van der Waals surface area contributed by atoms with Crippen LogP contribution in [0.2, 0.25) is 0 Å². The van der Waals surface area contributed by atoms with Crippen LogP contribution in [0.25, 0.3) is 0 Å². The number of aromatic nitrogens is 1. The van der Waals surface area contributed by atoms with E-state index in [1.54, 1.807) is 24.0 Å². The summed E-state index contributed by atoms with van der Waals surface area (Å²) in [7, 11) is 0. The number of hydrogen-bond donors (Lipinski definition) is 2. The molecule has 106 valence electrons. The van der Waals surface area contributed by atoms with Gasteiger partial charge in [-0.3, -0.25) is 4.79 Å². The summed E-state index contributed by atoms with van der Waals surface area (Å²) in [4.78, 5) is 16.2. The third kappa shape index (κ3) is 5.51. The van der Waals surface area contributed by atoms with E-state index >= 15 is 0 Å². The monoisotopic (exact) mass is 281 g/mol. The summed E-state index contributed by atoms with van der Waals surface area (Å²) in [5.41, 5.74) is 0.596. The van der Waals surface area contributed by atoms with Gasteiger partial charge in [0, 0.05) is 24.0 Å². The predicted octanol–water partition coefficient (Wildman–Crippen LogP) is 2.77. The average molecular weight is 281 g/mol. The van der Waals surface area contributed by atoms with Gasteiger partial charge in [0.1, 0.15) is 5.82 Å². The van der Waals surface area contributed by atoms with Crippen LogP contribution in [0.3, 0.4) is 0 Å². The number of rotatable bonds is 7. The van der Waals surface area contributed by atoms with E-state index in [0.29, 0.717) is 12.1 Å². The summed E-state index contributed by atoms with van der Waals surface area (Å²) in [6, 6.07) is 3.64. The standard InChI is InChI=1S/C14H23N3OS/c1-5-8-15-12-7-6-11(9-16-12)13(18)17-10-14(2,3)19-4/h6-7,9H,5,8,10H2,1-4H3,(H,15,16)(H,17,18). The highest BCUT2D eigenvalue weighted by atomic mass is 32.2. The lowest BCUT2D eigenvalue weighted by Crippen LogP contribution is -2.36. The quantitative estimate of drug-likeness (QED) is 0.807. The number of nitrogens with one attached hydrogen (secondary N) is 2. The van der Waals surface area contributed by atoms with Crippen molar-refractivity contribution in [3.8, 4) is 0 Å². The number of nitrogens with zero attached hydrogens (tertiary/aromatic N) is 1. The number of anilines is 1. The molecule has 0 bridgehead atoms. The Kier molecular flexibility index (Phi) is 6.15. The molecule has 1 aromatic heterocycles. The van der Waals surface area contributed by atoms with Crippen LogP contribution in [0.4, 0.5) is 5.82 Å². The fourth-order valence-electron chi connectivity index (χ4n) is 1.35. The highest BCUT2D eigenvalue weighted by Gasteiger charge is 2.17. The molecule has 0 radical (unpaired) electrons. The predicted molar refractivity (Wildman–Crippen MR) is 82.9 cm³/mol. The summed E-state index contributed by atoms with van der Waals surface area (Å²) in [5, 5.41) is 6.11. The van der Waals surface area contributed by atoms with E-state index in [4.69, 9.17) is 0 Å². The van der Waals surface area contributed by atoms with Gasteiger partial charge in [-0.2, -0.15) is 11.8 Å². The first-order valence-corrected chi connectivity index (χ1v) is 7.74. The molecule has 0 atom stereocenters. The largest absolute Gasteiger partial charge is 0.370 e. The highest BCUT2D eigenvalue weighted by Crippen LogP contribution is 2.19. The van der Waals surface area contributed by atoms with Crippen LogP contribution < -0.4 is 10.6 Å². The molecular formula is C14H23N3OS. The van der Waals surface area contributed by atoms with Crippen molar-refractivity contribution in [3.63, 3.8) is 0 Å². The summed E-state index contributed by atoms with van der Waals surface area (Å²) in [6.45, 7) is 7.84. The van der Waals surface area contributed by atoms with Gasteiger partial charge >= 0.3 is 0 Å². The molecule has 2 N–H and O–H groups in total. The zero-order valence-corrected chi connectivity index (χ0v) is 12.9. The molecule has 1 aromatic rings. The van der Waals surface area contributed by atoms with E-state index < -0.39 is 0 Å². The van der Waals surface area contributed by atoms with E-state index in [2.05, 4.69) is 36.4 Å². The molecule has 0 aromatic carbocycles. The Balaban J connectivity index is 2.53. The van der Waals surface area contributed by atoms with Crippen molar-refractivity contribution in [2.45, 2.75) is 31.9 Å². The number of thioether (sulfide) groups is 1. The lowest BCUT2D eigenvalue weighted by atomic mass is 10.2. The normalized spacial score (nSPS) is 11.2. The minimum Gasteiger partial charge on any atom is -0.370 e. The van der Waals surface area contributed by atoms with Crippen molar-refractivity contribution in [1.29, 1.82) is 0 Å². The van der Waals surface area contributed by atoms with E-state index in [1.165, 1.54) is 0 Å². The topological polar surface area (TPSA) is 54.0 Å². The Labute approximate surface area is 119 Å². The maximum absolute atomic E-state index is 12.0. The van der Waals surface area contributed by atoms with Crippen LogP contribution in [-0.4, -0.2) is 35.0 Å². The molecule has 5 heteroatoms. The molecule has 0 saturated carbocycles. The fourth-order valence-corrected chi connectivity index (χ4v) is 1.57. The molecule has 0 fully saturated rings. The number of hydrogen-bond acceptors (Lipinski definition) is 4. The molecule has 1 rings (SSSR count). The third-order valence-corrected chi connectivity index (χ3v) is 4.06. The number of carbonyl (C=O) groups is 1. The Bertz CT molecular complexity index is 404. The van der Waals surface area contributed by atoms with Crippen molar-refractivity contribution in [2.75, 3.05) is 24.7 Å². The van der Waals surface area contributed by atoms with Gasteiger partial charge in [0.2, 0.25) is 0 Å². The van der Waals surface area contributed by atoms with Crippen molar-refractivity contribution in [1.82, 2.24) is 10.3 Å². The number of amides is 1. The molecule has 1 amide bonds. The third-order valence-electron chi connectivity index (χ3n) is 2.81. The van der Waals surface area contributed by atoms with Crippen LogP contribution in [0.1, 0.15) is 37.6 Å². The molecule has 1 heterocycles. The van der Waals surface area contributed by atoms with Gasteiger partial charge in [0.15, 0.2) is 0 Å². The van der Waals surface area contributed by atoms with Crippen LogP contribution >= 0.6 is 11.8 Å². The van der Waals surface area contributed by atoms with E-state index in [-0.39, 0.29) is 10.7 Å². The summed E-state index contributed by atoms with van der Waals surface area (Å²) in [5.74, 6) is 0.736. The SMILES string of the molecule is CCCNc1ccc(C(=O)NCC(C)(C)SC)cn1. The Hall–Kier alpha value is -1.23. The van der Waals surface area contributed by atoms with Gasteiger partial charge < -0.3 is 10.6 Å². The molecule has 0 unspecified atom stereocenters. The lowest BCUT2D eigenvalue weighted by molar-refractivity contribution is 0.0950. The number of carbonyl (C=O) groups excluding carboxylic acids is 1. The maximum atomic E-state index is 12.0. The average Bonchev–Trinajstić information content (AvgIpc) is 2.43. The maximum Gasteiger partial charge on any atom is 0.252 e. The minimum atomic E-state index is -0.0725. The fraction of sp³-hybridized carbons (Fsp3) is 0.571. The summed E-state index contributed by atoms with van der Waals surface area (Å²) in [6.07, 6.45) is 4.70. The van der Waals surface area contributed by atoms with Gasteiger partial charge in [-0.25, -0.2) is 4.98 Å². The van der Waals surface area contributed by atoms with E-state index in [9.17, 15) is 4.79 Å². The molecule has 0 aliphatic carbocycles. The Morgan fingerprint density at radius 2 is 2.16 bits per heavy atom. The Morgan fingerprint density at radius 3 is 2.68 bits per heavy atom. The molecule has 0 aliphatic heterocycles.